The van der Waals surface area contributed by atoms with Crippen LogP contribution in [0.5, 0.6) is 0 Å². The molecule has 0 radical (unpaired) electrons. The van der Waals surface area contributed by atoms with Gasteiger partial charge < -0.3 is 5.32 Å². The number of benzene rings is 1. The van der Waals surface area contributed by atoms with Gasteiger partial charge in [-0.2, -0.15) is 5.26 Å². The molecule has 4 heteroatoms. The van der Waals surface area contributed by atoms with E-state index in [0.717, 1.165) is 25.7 Å². The number of nitrogens with one attached hydrogen (secondary N) is 1. The highest BCUT2D eigenvalue weighted by molar-refractivity contribution is 5.81. The van der Waals surface area contributed by atoms with Gasteiger partial charge in [-0.05, 0) is 24.5 Å². The molecule has 1 aliphatic carbocycles. The smallest absolute Gasteiger partial charge is 0.237 e. The van der Waals surface area contributed by atoms with Crippen molar-refractivity contribution in [1.82, 2.24) is 5.32 Å². The third-order valence-corrected chi connectivity index (χ3v) is 3.81. The molecule has 1 aromatic carbocycles. The molecule has 0 heterocycles. The van der Waals surface area contributed by atoms with Crippen molar-refractivity contribution in [2.24, 2.45) is 5.92 Å². The predicted molar refractivity (Wildman–Crippen MR) is 74.2 cm³/mol. The summed E-state index contributed by atoms with van der Waals surface area (Å²) in [6.45, 7) is 0. The maximum Gasteiger partial charge on any atom is 0.237 e. The standard InChI is InChI=1S/C16H19FN2O/c17-15-9-5-4-6-12(15)10-13(11-18)16(20)19-14-7-2-1-3-8-14/h4-6,9,13-14H,1-3,7-8,10H2,(H,19,20). The topological polar surface area (TPSA) is 52.9 Å². The van der Waals surface area contributed by atoms with Gasteiger partial charge in [0.15, 0.2) is 0 Å². The average molecular weight is 274 g/mol. The van der Waals surface area contributed by atoms with Gasteiger partial charge in [0.2, 0.25) is 5.91 Å². The number of halogens is 1. The second-order valence-corrected chi connectivity index (χ2v) is 5.32. The molecule has 1 amide bonds. The van der Waals surface area contributed by atoms with Crippen molar-refractivity contribution in [2.75, 3.05) is 0 Å². The van der Waals surface area contributed by atoms with Gasteiger partial charge in [-0.3, -0.25) is 4.79 Å². The van der Waals surface area contributed by atoms with Crippen LogP contribution in [0.15, 0.2) is 24.3 Å². The molecule has 1 saturated carbocycles. The molecule has 2 rings (SSSR count). The number of nitriles is 1. The maximum atomic E-state index is 13.6. The first kappa shape index (κ1) is 14.5. The zero-order chi connectivity index (χ0) is 14.4. The molecule has 1 aromatic rings. The summed E-state index contributed by atoms with van der Waals surface area (Å²) in [7, 11) is 0. The monoisotopic (exact) mass is 274 g/mol. The molecule has 0 saturated heterocycles. The minimum absolute atomic E-state index is 0.127. The molecule has 3 nitrogen and oxygen atoms in total. The fourth-order valence-corrected chi connectivity index (χ4v) is 2.63. The second kappa shape index (κ2) is 7.04. The second-order valence-electron chi connectivity index (χ2n) is 5.32. The fourth-order valence-electron chi connectivity index (χ4n) is 2.63. The normalized spacial score (nSPS) is 17.2. The molecule has 0 aromatic heterocycles. The van der Waals surface area contributed by atoms with Crippen molar-refractivity contribution in [2.45, 2.75) is 44.6 Å². The summed E-state index contributed by atoms with van der Waals surface area (Å²) < 4.78 is 13.6. The van der Waals surface area contributed by atoms with Crippen molar-refractivity contribution in [3.8, 4) is 6.07 Å². The molecular weight excluding hydrogens is 255 g/mol. The molecule has 20 heavy (non-hydrogen) atoms. The molecule has 1 atom stereocenters. The Hall–Kier alpha value is -1.89. The van der Waals surface area contributed by atoms with Crippen molar-refractivity contribution in [3.63, 3.8) is 0 Å². The van der Waals surface area contributed by atoms with E-state index in [0.29, 0.717) is 5.56 Å². The number of hydrogen-bond donors (Lipinski definition) is 1. The van der Waals surface area contributed by atoms with Gasteiger partial charge in [0, 0.05) is 12.5 Å². The Morgan fingerprint density at radius 2 is 2.05 bits per heavy atom. The third kappa shape index (κ3) is 3.80. The fraction of sp³-hybridized carbons (Fsp3) is 0.500. The summed E-state index contributed by atoms with van der Waals surface area (Å²) in [4.78, 5) is 12.1. The summed E-state index contributed by atoms with van der Waals surface area (Å²) in [5.74, 6) is -1.46. The van der Waals surface area contributed by atoms with E-state index in [9.17, 15) is 9.18 Å². The van der Waals surface area contributed by atoms with Gasteiger partial charge in [-0.15, -0.1) is 0 Å². The quantitative estimate of drug-likeness (QED) is 0.917. The van der Waals surface area contributed by atoms with Crippen molar-refractivity contribution >= 4 is 5.91 Å². The minimum Gasteiger partial charge on any atom is -0.352 e. The van der Waals surface area contributed by atoms with Gasteiger partial charge in [-0.1, -0.05) is 37.5 Å². The van der Waals surface area contributed by atoms with E-state index in [1.54, 1.807) is 18.2 Å². The zero-order valence-corrected chi connectivity index (χ0v) is 11.4. The van der Waals surface area contributed by atoms with E-state index < -0.39 is 5.92 Å². The molecular formula is C16H19FN2O. The Morgan fingerprint density at radius 3 is 2.70 bits per heavy atom. The molecule has 0 bridgehead atoms. The largest absolute Gasteiger partial charge is 0.352 e. The summed E-state index contributed by atoms with van der Waals surface area (Å²) in [6.07, 6.45) is 5.53. The number of carbonyl (C=O) groups is 1. The average Bonchev–Trinajstić information content (AvgIpc) is 2.47. The summed E-state index contributed by atoms with van der Waals surface area (Å²) in [5, 5.41) is 12.1. The molecule has 1 N–H and O–H groups in total. The van der Waals surface area contributed by atoms with E-state index >= 15 is 0 Å². The molecule has 1 unspecified atom stereocenters. The van der Waals surface area contributed by atoms with Gasteiger partial charge in [0.05, 0.1) is 6.07 Å². The van der Waals surface area contributed by atoms with Crippen molar-refractivity contribution < 1.29 is 9.18 Å². The lowest BCUT2D eigenvalue weighted by Crippen LogP contribution is -2.40. The molecule has 106 valence electrons. The SMILES string of the molecule is N#CC(Cc1ccccc1F)C(=O)NC1CCCCC1. The lowest BCUT2D eigenvalue weighted by atomic mass is 9.94. The Labute approximate surface area is 118 Å². The van der Waals surface area contributed by atoms with Crippen LogP contribution in [0.4, 0.5) is 4.39 Å². The Kier molecular flexibility index (Phi) is 5.11. The number of rotatable bonds is 4. The predicted octanol–water partition coefficient (Wildman–Crippen LogP) is 2.96. The van der Waals surface area contributed by atoms with E-state index in [4.69, 9.17) is 5.26 Å². The Morgan fingerprint density at radius 1 is 1.35 bits per heavy atom. The first-order chi connectivity index (χ1) is 9.70. The van der Waals surface area contributed by atoms with Crippen LogP contribution in [0.3, 0.4) is 0 Å². The summed E-state index contributed by atoms with van der Waals surface area (Å²) in [5.41, 5.74) is 0.415. The first-order valence-electron chi connectivity index (χ1n) is 7.14. The zero-order valence-electron chi connectivity index (χ0n) is 11.4. The summed E-state index contributed by atoms with van der Waals surface area (Å²) in [6, 6.07) is 8.44. The highest BCUT2D eigenvalue weighted by Crippen LogP contribution is 2.18. The molecule has 0 aliphatic heterocycles. The van der Waals surface area contributed by atoms with Crippen LogP contribution in [0.1, 0.15) is 37.7 Å². The van der Waals surface area contributed by atoms with Crippen molar-refractivity contribution in [1.29, 1.82) is 5.26 Å². The highest BCUT2D eigenvalue weighted by Gasteiger charge is 2.23. The first-order valence-corrected chi connectivity index (χ1v) is 7.14. The van der Waals surface area contributed by atoms with Gasteiger partial charge in [0.25, 0.3) is 0 Å². The van der Waals surface area contributed by atoms with Crippen LogP contribution in [0.2, 0.25) is 0 Å². The van der Waals surface area contributed by atoms with Gasteiger partial charge in [0.1, 0.15) is 11.7 Å². The van der Waals surface area contributed by atoms with Crippen LogP contribution in [0, 0.1) is 23.1 Å². The summed E-state index contributed by atoms with van der Waals surface area (Å²) >= 11 is 0. The number of carbonyl (C=O) groups excluding carboxylic acids is 1. The Balaban J connectivity index is 1.95. The van der Waals surface area contributed by atoms with E-state index in [1.165, 1.54) is 12.5 Å². The molecule has 0 spiro atoms. The van der Waals surface area contributed by atoms with Crippen LogP contribution >= 0.6 is 0 Å². The van der Waals surface area contributed by atoms with Gasteiger partial charge >= 0.3 is 0 Å². The van der Waals surface area contributed by atoms with E-state index in [1.807, 2.05) is 6.07 Å². The van der Waals surface area contributed by atoms with Crippen molar-refractivity contribution in [3.05, 3.63) is 35.6 Å². The van der Waals surface area contributed by atoms with E-state index in [-0.39, 0.29) is 24.2 Å². The van der Waals surface area contributed by atoms with Crippen LogP contribution in [-0.4, -0.2) is 11.9 Å². The molecule has 1 aliphatic rings. The maximum absolute atomic E-state index is 13.6. The van der Waals surface area contributed by atoms with E-state index in [2.05, 4.69) is 5.32 Å². The lowest BCUT2D eigenvalue weighted by Gasteiger charge is -2.23. The van der Waals surface area contributed by atoms with Crippen LogP contribution < -0.4 is 5.32 Å². The third-order valence-electron chi connectivity index (χ3n) is 3.81. The Bertz CT molecular complexity index is 503. The molecule has 1 fully saturated rings. The number of amides is 1. The number of nitrogens with zero attached hydrogens (tertiary/aromatic N) is 1. The number of hydrogen-bond acceptors (Lipinski definition) is 2. The lowest BCUT2D eigenvalue weighted by molar-refractivity contribution is -0.124. The highest BCUT2D eigenvalue weighted by atomic mass is 19.1. The van der Waals surface area contributed by atoms with Crippen LogP contribution in [0.25, 0.3) is 0 Å². The van der Waals surface area contributed by atoms with Gasteiger partial charge in [-0.25, -0.2) is 4.39 Å². The minimum atomic E-state index is -0.825. The van der Waals surface area contributed by atoms with Crippen LogP contribution in [-0.2, 0) is 11.2 Å².